The summed E-state index contributed by atoms with van der Waals surface area (Å²) < 4.78 is 0. The molecule has 1 aromatic heterocycles. The Morgan fingerprint density at radius 3 is 2.89 bits per heavy atom. The lowest BCUT2D eigenvalue weighted by Gasteiger charge is -2.15. The van der Waals surface area contributed by atoms with E-state index in [2.05, 4.69) is 17.6 Å². The van der Waals surface area contributed by atoms with Crippen LogP contribution in [0.2, 0.25) is 5.02 Å². The summed E-state index contributed by atoms with van der Waals surface area (Å²) in [7, 11) is 0. The van der Waals surface area contributed by atoms with Gasteiger partial charge in [-0.2, -0.15) is 0 Å². The third-order valence-corrected chi connectivity index (χ3v) is 4.94. The molecule has 1 heterocycles. The van der Waals surface area contributed by atoms with Crippen molar-refractivity contribution >= 4 is 22.9 Å². The number of benzene rings is 1. The summed E-state index contributed by atoms with van der Waals surface area (Å²) >= 11 is 7.91. The molecule has 18 heavy (non-hydrogen) atoms. The molecule has 1 atom stereocenters. The van der Waals surface area contributed by atoms with Crippen LogP contribution < -0.4 is 11.3 Å². The fourth-order valence-corrected chi connectivity index (χ4v) is 4.07. The van der Waals surface area contributed by atoms with Crippen LogP contribution in [0.4, 0.5) is 0 Å². The molecule has 2 aromatic rings. The number of rotatable bonds is 3. The molecule has 4 heteroatoms. The van der Waals surface area contributed by atoms with E-state index in [4.69, 9.17) is 17.4 Å². The lowest BCUT2D eigenvalue weighted by molar-refractivity contribution is 0.646. The molecular formula is C14H15ClN2S. The van der Waals surface area contributed by atoms with E-state index in [0.29, 0.717) is 0 Å². The molecule has 3 N–H and O–H groups in total. The maximum Gasteiger partial charge on any atom is 0.0803 e. The van der Waals surface area contributed by atoms with Gasteiger partial charge in [0.25, 0.3) is 0 Å². The van der Waals surface area contributed by atoms with Gasteiger partial charge in [-0.1, -0.05) is 23.7 Å². The monoisotopic (exact) mass is 278 g/mol. The third-order valence-electron chi connectivity index (χ3n) is 3.40. The van der Waals surface area contributed by atoms with Gasteiger partial charge in [0.1, 0.15) is 0 Å². The second-order valence-corrected chi connectivity index (χ2v) is 6.21. The predicted molar refractivity (Wildman–Crippen MR) is 77.0 cm³/mol. The Bertz CT molecular complexity index is 543. The first kappa shape index (κ1) is 12.2. The number of fused-ring (bicyclic) bond motifs is 1. The van der Waals surface area contributed by atoms with Gasteiger partial charge in [0, 0.05) is 14.8 Å². The van der Waals surface area contributed by atoms with Crippen LogP contribution in [-0.2, 0) is 12.8 Å². The molecule has 0 amide bonds. The fraction of sp³-hybridized carbons (Fsp3) is 0.286. The van der Waals surface area contributed by atoms with E-state index in [1.807, 2.05) is 29.5 Å². The number of hydrogen-bond donors (Lipinski definition) is 2. The summed E-state index contributed by atoms with van der Waals surface area (Å²) in [6.07, 6.45) is 3.71. The maximum absolute atomic E-state index is 6.04. The van der Waals surface area contributed by atoms with Crippen LogP contribution in [0.5, 0.6) is 0 Å². The minimum Gasteiger partial charge on any atom is -0.271 e. The SMILES string of the molecule is NNC(c1cccc(Cl)c1)c1cc2c(s1)CCC2. The highest BCUT2D eigenvalue weighted by Crippen LogP contribution is 2.36. The van der Waals surface area contributed by atoms with Crippen molar-refractivity contribution in [2.24, 2.45) is 5.84 Å². The summed E-state index contributed by atoms with van der Waals surface area (Å²) in [5.74, 6) is 5.72. The molecule has 1 aliphatic rings. The first-order valence-electron chi connectivity index (χ1n) is 6.11. The molecule has 2 nitrogen and oxygen atoms in total. The van der Waals surface area contributed by atoms with Crippen molar-refractivity contribution in [3.05, 3.63) is 56.2 Å². The summed E-state index contributed by atoms with van der Waals surface area (Å²) in [5, 5.41) is 0.747. The highest BCUT2D eigenvalue weighted by molar-refractivity contribution is 7.12. The Hall–Kier alpha value is -0.870. The standard InChI is InChI=1S/C14H15ClN2S/c15-11-5-1-4-10(7-11)14(17-16)13-8-9-3-2-6-12(9)18-13/h1,4-5,7-8,14,17H,2-3,6,16H2. The minimum absolute atomic E-state index is 0.0410. The summed E-state index contributed by atoms with van der Waals surface area (Å²) in [6, 6.07) is 10.2. The molecule has 0 saturated carbocycles. The largest absolute Gasteiger partial charge is 0.271 e. The van der Waals surface area contributed by atoms with Gasteiger partial charge in [-0.3, -0.25) is 5.84 Å². The molecule has 94 valence electrons. The van der Waals surface area contributed by atoms with Crippen molar-refractivity contribution < 1.29 is 0 Å². The van der Waals surface area contributed by atoms with Crippen LogP contribution in [0, 0.1) is 0 Å². The fourth-order valence-electron chi connectivity index (χ4n) is 2.52. The van der Waals surface area contributed by atoms with Gasteiger partial charge in [0.15, 0.2) is 0 Å². The summed E-state index contributed by atoms with van der Waals surface area (Å²) in [5.41, 5.74) is 5.52. The first-order chi connectivity index (χ1) is 8.78. The Kier molecular flexibility index (Phi) is 3.39. The average Bonchev–Trinajstić information content (AvgIpc) is 2.91. The second kappa shape index (κ2) is 5.02. The molecule has 0 bridgehead atoms. The van der Waals surface area contributed by atoms with E-state index in [-0.39, 0.29) is 6.04 Å². The van der Waals surface area contributed by atoms with Crippen molar-refractivity contribution in [3.63, 3.8) is 0 Å². The Morgan fingerprint density at radius 2 is 2.17 bits per heavy atom. The lowest BCUT2D eigenvalue weighted by atomic mass is 10.1. The van der Waals surface area contributed by atoms with Crippen LogP contribution in [0.15, 0.2) is 30.3 Å². The average molecular weight is 279 g/mol. The van der Waals surface area contributed by atoms with Gasteiger partial charge in [-0.15, -0.1) is 11.3 Å². The number of hydrogen-bond acceptors (Lipinski definition) is 3. The normalized spacial score (nSPS) is 15.7. The number of nitrogens with one attached hydrogen (secondary N) is 1. The van der Waals surface area contributed by atoms with E-state index < -0.39 is 0 Å². The third kappa shape index (κ3) is 2.19. The first-order valence-corrected chi connectivity index (χ1v) is 7.30. The molecule has 0 radical (unpaired) electrons. The molecule has 1 aromatic carbocycles. The van der Waals surface area contributed by atoms with Gasteiger partial charge in [-0.05, 0) is 48.6 Å². The van der Waals surface area contributed by atoms with Gasteiger partial charge in [0.05, 0.1) is 6.04 Å². The second-order valence-electron chi connectivity index (χ2n) is 4.61. The number of halogens is 1. The van der Waals surface area contributed by atoms with Crippen LogP contribution in [0.1, 0.15) is 33.3 Å². The summed E-state index contributed by atoms with van der Waals surface area (Å²) in [6.45, 7) is 0. The van der Waals surface area contributed by atoms with Crippen molar-refractivity contribution in [1.82, 2.24) is 5.43 Å². The van der Waals surface area contributed by atoms with Crippen LogP contribution >= 0.6 is 22.9 Å². The van der Waals surface area contributed by atoms with E-state index in [0.717, 1.165) is 10.6 Å². The minimum atomic E-state index is 0.0410. The Morgan fingerprint density at radius 1 is 1.28 bits per heavy atom. The number of thiophene rings is 1. The molecule has 1 unspecified atom stereocenters. The molecular weight excluding hydrogens is 264 g/mol. The maximum atomic E-state index is 6.04. The van der Waals surface area contributed by atoms with Gasteiger partial charge < -0.3 is 0 Å². The zero-order valence-electron chi connectivity index (χ0n) is 9.95. The lowest BCUT2D eigenvalue weighted by Crippen LogP contribution is -2.28. The van der Waals surface area contributed by atoms with E-state index >= 15 is 0 Å². The van der Waals surface area contributed by atoms with Gasteiger partial charge in [-0.25, -0.2) is 5.43 Å². The van der Waals surface area contributed by atoms with Gasteiger partial charge >= 0.3 is 0 Å². The molecule has 1 aliphatic carbocycles. The van der Waals surface area contributed by atoms with Crippen molar-refractivity contribution in [2.75, 3.05) is 0 Å². The van der Waals surface area contributed by atoms with Crippen LogP contribution in [0.25, 0.3) is 0 Å². The Labute approximate surface area is 116 Å². The topological polar surface area (TPSA) is 38.0 Å². The van der Waals surface area contributed by atoms with Crippen molar-refractivity contribution in [3.8, 4) is 0 Å². The van der Waals surface area contributed by atoms with Crippen LogP contribution in [0.3, 0.4) is 0 Å². The Balaban J connectivity index is 1.96. The van der Waals surface area contributed by atoms with E-state index in [9.17, 15) is 0 Å². The highest BCUT2D eigenvalue weighted by Gasteiger charge is 2.20. The van der Waals surface area contributed by atoms with E-state index in [1.54, 1.807) is 0 Å². The number of nitrogens with two attached hydrogens (primary N) is 1. The molecule has 0 spiro atoms. The molecule has 3 rings (SSSR count). The smallest absolute Gasteiger partial charge is 0.0803 e. The predicted octanol–water partition coefficient (Wildman–Crippen LogP) is 3.44. The van der Waals surface area contributed by atoms with Crippen molar-refractivity contribution in [1.29, 1.82) is 0 Å². The van der Waals surface area contributed by atoms with Gasteiger partial charge in [0.2, 0.25) is 0 Å². The number of hydrazine groups is 1. The van der Waals surface area contributed by atoms with Crippen molar-refractivity contribution in [2.45, 2.75) is 25.3 Å². The number of aryl methyl sites for hydroxylation is 2. The zero-order valence-corrected chi connectivity index (χ0v) is 11.5. The quantitative estimate of drug-likeness (QED) is 0.667. The van der Waals surface area contributed by atoms with Crippen LogP contribution in [-0.4, -0.2) is 0 Å². The molecule has 0 fully saturated rings. The molecule has 0 saturated heterocycles. The van der Waals surface area contributed by atoms with E-state index in [1.165, 1.54) is 34.6 Å². The molecule has 0 aliphatic heterocycles. The highest BCUT2D eigenvalue weighted by atomic mass is 35.5. The zero-order chi connectivity index (χ0) is 12.5. The summed E-state index contributed by atoms with van der Waals surface area (Å²) in [4.78, 5) is 2.80.